The topological polar surface area (TPSA) is 79.3 Å². The molecule has 146 valence electrons. The molecular weight excluding hydrogens is 348 g/mol. The molecule has 3 rings (SSSR count). The highest BCUT2D eigenvalue weighted by Gasteiger charge is 2.34. The van der Waals surface area contributed by atoms with Crippen LogP contribution in [0.2, 0.25) is 0 Å². The van der Waals surface area contributed by atoms with Crippen LogP contribution in [0.4, 0.5) is 4.79 Å². The maximum Gasteiger partial charge on any atom is 0.409 e. The van der Waals surface area contributed by atoms with Gasteiger partial charge in [-0.15, -0.1) is 0 Å². The molecule has 1 amide bonds. The number of Topliss-reactive ketones (excluding diaryl/α,β-unsaturated/α-hetero) is 1. The Kier molecular flexibility index (Phi) is 5.41. The van der Waals surface area contributed by atoms with Crippen LogP contribution in [-0.2, 0) is 11.3 Å². The number of amides is 1. The number of phenols is 1. The smallest absolute Gasteiger partial charge is 0.409 e. The van der Waals surface area contributed by atoms with E-state index in [1.807, 2.05) is 13.8 Å². The molecule has 7 nitrogen and oxygen atoms in total. The lowest BCUT2D eigenvalue weighted by atomic mass is 9.98. The molecular formula is C20H26N2O5. The summed E-state index contributed by atoms with van der Waals surface area (Å²) in [6.45, 7) is 10.5. The Morgan fingerprint density at radius 3 is 2.52 bits per heavy atom. The van der Waals surface area contributed by atoms with Gasteiger partial charge in [0.25, 0.3) is 0 Å². The zero-order valence-electron chi connectivity index (χ0n) is 16.3. The summed E-state index contributed by atoms with van der Waals surface area (Å²) in [5.74, 6) is 0.798. The van der Waals surface area contributed by atoms with Gasteiger partial charge in [0.15, 0.2) is 5.76 Å². The van der Waals surface area contributed by atoms with Crippen molar-refractivity contribution in [2.75, 3.05) is 32.8 Å². The summed E-state index contributed by atoms with van der Waals surface area (Å²) < 4.78 is 10.9. The number of carbonyl (C=O) groups is 2. The Morgan fingerprint density at radius 2 is 1.93 bits per heavy atom. The molecule has 0 unspecified atom stereocenters. The summed E-state index contributed by atoms with van der Waals surface area (Å²) in [4.78, 5) is 28.3. The number of rotatable bonds is 3. The second-order valence-corrected chi connectivity index (χ2v) is 7.12. The van der Waals surface area contributed by atoms with Crippen molar-refractivity contribution in [1.29, 1.82) is 0 Å². The van der Waals surface area contributed by atoms with Crippen molar-refractivity contribution in [1.82, 2.24) is 9.80 Å². The van der Waals surface area contributed by atoms with Crippen molar-refractivity contribution in [2.45, 2.75) is 34.2 Å². The number of aromatic hydroxyl groups is 1. The highest BCUT2D eigenvalue weighted by molar-refractivity contribution is 6.14. The van der Waals surface area contributed by atoms with Crippen LogP contribution in [0, 0.1) is 6.92 Å². The first kappa shape index (κ1) is 19.2. The lowest BCUT2D eigenvalue weighted by Gasteiger charge is -2.34. The first-order valence-corrected chi connectivity index (χ1v) is 9.23. The molecule has 2 aliphatic heterocycles. The molecule has 0 atom stereocenters. The minimum absolute atomic E-state index is 0.127. The van der Waals surface area contributed by atoms with Crippen LogP contribution in [0.25, 0.3) is 0 Å². The monoisotopic (exact) mass is 374 g/mol. The largest absolute Gasteiger partial charge is 0.507 e. The third-order valence-electron chi connectivity index (χ3n) is 4.93. The molecule has 7 heteroatoms. The third-order valence-corrected chi connectivity index (χ3v) is 4.93. The van der Waals surface area contributed by atoms with Crippen LogP contribution in [-0.4, -0.2) is 59.6 Å². The van der Waals surface area contributed by atoms with E-state index in [9.17, 15) is 14.7 Å². The first-order chi connectivity index (χ1) is 12.8. The summed E-state index contributed by atoms with van der Waals surface area (Å²) in [6, 6.07) is 1.62. The molecule has 27 heavy (non-hydrogen) atoms. The van der Waals surface area contributed by atoms with Gasteiger partial charge in [-0.1, -0.05) is 0 Å². The number of piperazine rings is 1. The van der Waals surface area contributed by atoms with Gasteiger partial charge < -0.3 is 19.5 Å². The fourth-order valence-corrected chi connectivity index (χ4v) is 3.48. The van der Waals surface area contributed by atoms with Crippen LogP contribution in [0.5, 0.6) is 11.5 Å². The Balaban J connectivity index is 1.79. The summed E-state index contributed by atoms with van der Waals surface area (Å²) in [6.07, 6.45) is -0.293. The van der Waals surface area contributed by atoms with Gasteiger partial charge in [0.05, 0.1) is 17.7 Å². The zero-order valence-corrected chi connectivity index (χ0v) is 16.3. The van der Waals surface area contributed by atoms with Gasteiger partial charge >= 0.3 is 6.09 Å². The van der Waals surface area contributed by atoms with Crippen LogP contribution in [0.1, 0.15) is 42.3 Å². The Morgan fingerprint density at radius 1 is 1.26 bits per heavy atom. The maximum atomic E-state index is 12.7. The predicted molar refractivity (Wildman–Crippen MR) is 100 cm³/mol. The van der Waals surface area contributed by atoms with Crippen LogP contribution in [0.15, 0.2) is 17.4 Å². The number of nitrogens with zero attached hydrogens (tertiary/aromatic N) is 2. The fraction of sp³-hybridized carbons (Fsp3) is 0.500. The Labute approximate surface area is 159 Å². The first-order valence-electron chi connectivity index (χ1n) is 9.23. The normalized spacial score (nSPS) is 17.0. The number of hydrogen-bond donors (Lipinski definition) is 1. The van der Waals surface area contributed by atoms with Crippen LogP contribution >= 0.6 is 0 Å². The van der Waals surface area contributed by atoms with Gasteiger partial charge in [0.2, 0.25) is 5.78 Å². The van der Waals surface area contributed by atoms with Crippen molar-refractivity contribution in [2.24, 2.45) is 0 Å². The van der Waals surface area contributed by atoms with E-state index in [1.165, 1.54) is 0 Å². The third kappa shape index (κ3) is 3.64. The van der Waals surface area contributed by atoms with E-state index in [0.29, 0.717) is 67.5 Å². The molecule has 2 heterocycles. The molecule has 1 fully saturated rings. The van der Waals surface area contributed by atoms with Crippen molar-refractivity contribution in [3.63, 3.8) is 0 Å². The number of ether oxygens (including phenoxy) is 2. The second kappa shape index (κ2) is 7.60. The molecule has 0 bridgehead atoms. The fourth-order valence-electron chi connectivity index (χ4n) is 3.48. The van der Waals surface area contributed by atoms with Crippen molar-refractivity contribution < 1.29 is 24.2 Å². The van der Waals surface area contributed by atoms with E-state index in [2.05, 4.69) is 4.90 Å². The minimum atomic E-state index is -0.293. The van der Waals surface area contributed by atoms with Gasteiger partial charge in [-0.05, 0) is 44.9 Å². The highest BCUT2D eigenvalue weighted by Crippen LogP contribution is 2.42. The molecule has 0 saturated carbocycles. The van der Waals surface area contributed by atoms with E-state index in [-0.39, 0.29) is 17.6 Å². The van der Waals surface area contributed by atoms with Gasteiger partial charge in [-0.25, -0.2) is 4.79 Å². The molecule has 2 aliphatic rings. The molecule has 0 radical (unpaired) electrons. The number of carbonyl (C=O) groups excluding carboxylic acids is 2. The molecule has 1 saturated heterocycles. The van der Waals surface area contributed by atoms with Crippen molar-refractivity contribution in [3.8, 4) is 11.5 Å². The quantitative estimate of drug-likeness (QED) is 0.820. The lowest BCUT2D eigenvalue weighted by Crippen LogP contribution is -2.48. The van der Waals surface area contributed by atoms with E-state index >= 15 is 0 Å². The highest BCUT2D eigenvalue weighted by atomic mass is 16.6. The van der Waals surface area contributed by atoms with Gasteiger partial charge in [-0.2, -0.15) is 0 Å². The van der Waals surface area contributed by atoms with Gasteiger partial charge in [0, 0.05) is 32.7 Å². The average Bonchev–Trinajstić information content (AvgIpc) is 2.97. The molecule has 1 aromatic carbocycles. The average molecular weight is 374 g/mol. The van der Waals surface area contributed by atoms with Crippen molar-refractivity contribution >= 4 is 11.9 Å². The number of ketones is 1. The van der Waals surface area contributed by atoms with E-state index in [4.69, 9.17) is 9.47 Å². The van der Waals surface area contributed by atoms with E-state index in [0.717, 1.165) is 5.57 Å². The Hall–Kier alpha value is -2.54. The summed E-state index contributed by atoms with van der Waals surface area (Å²) in [7, 11) is 0. The SMILES string of the molecule is CCOC(=O)N1CCN(Cc2c(O)cc(C)c3c2OC(=C(C)C)C3=O)CC1. The van der Waals surface area contributed by atoms with Crippen LogP contribution in [0.3, 0.4) is 0 Å². The standard InChI is InChI=1S/C20H26N2O5/c1-5-26-20(25)22-8-6-21(7-9-22)11-14-15(23)10-13(4)16-17(24)18(12(2)3)27-19(14)16/h10,23H,5-9,11H2,1-4H3. The number of aryl methyl sites for hydroxylation is 1. The second-order valence-electron chi connectivity index (χ2n) is 7.12. The van der Waals surface area contributed by atoms with Gasteiger partial charge in [-0.3, -0.25) is 9.69 Å². The van der Waals surface area contributed by atoms with E-state index < -0.39 is 0 Å². The lowest BCUT2D eigenvalue weighted by molar-refractivity contribution is 0.0774. The van der Waals surface area contributed by atoms with Gasteiger partial charge in [0.1, 0.15) is 11.5 Å². The molecule has 0 aliphatic carbocycles. The summed E-state index contributed by atoms with van der Waals surface area (Å²) in [5.41, 5.74) is 2.66. The molecule has 1 aromatic rings. The minimum Gasteiger partial charge on any atom is -0.507 e. The molecule has 1 N–H and O–H groups in total. The summed E-state index contributed by atoms with van der Waals surface area (Å²) in [5, 5.41) is 10.5. The van der Waals surface area contributed by atoms with Crippen LogP contribution < -0.4 is 4.74 Å². The maximum absolute atomic E-state index is 12.7. The van der Waals surface area contributed by atoms with E-state index in [1.54, 1.807) is 24.8 Å². The predicted octanol–water partition coefficient (Wildman–Crippen LogP) is 2.84. The number of allylic oxidation sites excluding steroid dienone is 2. The number of fused-ring (bicyclic) bond motifs is 1. The summed E-state index contributed by atoms with van der Waals surface area (Å²) >= 11 is 0. The molecule has 0 aromatic heterocycles. The Bertz CT molecular complexity index is 803. The molecule has 0 spiro atoms. The van der Waals surface area contributed by atoms with Crippen molar-refractivity contribution in [3.05, 3.63) is 34.1 Å². The number of hydrogen-bond acceptors (Lipinski definition) is 6. The number of phenolic OH excluding ortho intramolecular Hbond substituents is 1. The number of benzene rings is 1. The zero-order chi connectivity index (χ0) is 19.7.